The van der Waals surface area contributed by atoms with Crippen molar-refractivity contribution in [2.45, 2.75) is 32.3 Å². The number of aromatic nitrogens is 2. The van der Waals surface area contributed by atoms with E-state index in [-0.39, 0.29) is 5.78 Å². The third-order valence-corrected chi connectivity index (χ3v) is 3.64. The van der Waals surface area contributed by atoms with Crippen LogP contribution in [0, 0.1) is 0 Å². The third-order valence-electron chi connectivity index (χ3n) is 3.64. The summed E-state index contributed by atoms with van der Waals surface area (Å²) in [4.78, 5) is 12.1. The molecule has 116 valence electrons. The predicted octanol–water partition coefficient (Wildman–Crippen LogP) is 2.79. The van der Waals surface area contributed by atoms with Crippen molar-refractivity contribution in [3.05, 3.63) is 41.7 Å². The van der Waals surface area contributed by atoms with Gasteiger partial charge in [-0.05, 0) is 31.5 Å². The number of rotatable bonds is 4. The van der Waals surface area contributed by atoms with Crippen LogP contribution in [0.4, 0.5) is 0 Å². The molecule has 0 unspecified atom stereocenters. The number of Topliss-reactive ketones (excluding diaryl/α,β-unsaturated/α-hetero) is 1. The molecule has 0 atom stereocenters. The van der Waals surface area contributed by atoms with Crippen molar-refractivity contribution in [2.75, 3.05) is 6.61 Å². The van der Waals surface area contributed by atoms with Crippen molar-refractivity contribution in [3.8, 4) is 11.5 Å². The Kier molecular flexibility index (Phi) is 3.64. The van der Waals surface area contributed by atoms with E-state index in [0.29, 0.717) is 30.1 Å². The summed E-state index contributed by atoms with van der Waals surface area (Å²) in [7, 11) is 1.89. The molecule has 1 aromatic heterocycles. The Labute approximate surface area is 129 Å². The molecule has 0 bridgehead atoms. The summed E-state index contributed by atoms with van der Waals surface area (Å²) >= 11 is 0. The van der Waals surface area contributed by atoms with Gasteiger partial charge in [0, 0.05) is 25.7 Å². The largest absolute Gasteiger partial charge is 0.493 e. The molecule has 0 radical (unpaired) electrons. The Hall–Kier alpha value is -2.30. The van der Waals surface area contributed by atoms with E-state index in [2.05, 4.69) is 5.10 Å². The molecule has 1 aliphatic rings. The standard InChI is InChI=1S/C17H20N2O3/c1-17(2)9-15(20)14-5-4-13(8-16(14)22-17)21-7-6-12-10-18-19(3)11-12/h4-5,8,10-11H,6-7,9H2,1-3H3. The molecule has 5 heteroatoms. The molecule has 0 amide bonds. The van der Waals surface area contributed by atoms with Crippen molar-refractivity contribution >= 4 is 5.78 Å². The highest BCUT2D eigenvalue weighted by Crippen LogP contribution is 2.35. The summed E-state index contributed by atoms with van der Waals surface area (Å²) in [6.07, 6.45) is 5.00. The van der Waals surface area contributed by atoms with Gasteiger partial charge >= 0.3 is 0 Å². The average Bonchev–Trinajstić information content (AvgIpc) is 2.82. The van der Waals surface area contributed by atoms with Gasteiger partial charge in [0.1, 0.15) is 17.1 Å². The molecule has 22 heavy (non-hydrogen) atoms. The first-order chi connectivity index (χ1) is 10.4. The number of aryl methyl sites for hydroxylation is 1. The predicted molar refractivity (Wildman–Crippen MR) is 82.5 cm³/mol. The zero-order valence-electron chi connectivity index (χ0n) is 13.1. The summed E-state index contributed by atoms with van der Waals surface area (Å²) in [6.45, 7) is 4.40. The summed E-state index contributed by atoms with van der Waals surface area (Å²) in [5.41, 5.74) is 1.31. The second-order valence-corrected chi connectivity index (χ2v) is 6.24. The van der Waals surface area contributed by atoms with Crippen LogP contribution in [0.2, 0.25) is 0 Å². The Bertz CT molecular complexity index is 704. The second-order valence-electron chi connectivity index (χ2n) is 6.24. The zero-order valence-corrected chi connectivity index (χ0v) is 13.1. The fourth-order valence-corrected chi connectivity index (χ4v) is 2.61. The van der Waals surface area contributed by atoms with E-state index < -0.39 is 5.60 Å². The third kappa shape index (κ3) is 3.13. The molecule has 1 aromatic carbocycles. The maximum Gasteiger partial charge on any atom is 0.170 e. The monoisotopic (exact) mass is 300 g/mol. The molecular weight excluding hydrogens is 280 g/mol. The van der Waals surface area contributed by atoms with Crippen LogP contribution in [0.25, 0.3) is 0 Å². The molecule has 3 rings (SSSR count). The Morgan fingerprint density at radius 1 is 1.41 bits per heavy atom. The number of fused-ring (bicyclic) bond motifs is 1. The van der Waals surface area contributed by atoms with Gasteiger partial charge in [-0.15, -0.1) is 0 Å². The van der Waals surface area contributed by atoms with Crippen LogP contribution in [0.1, 0.15) is 36.2 Å². The number of ether oxygens (including phenoxy) is 2. The van der Waals surface area contributed by atoms with E-state index in [4.69, 9.17) is 9.47 Å². The van der Waals surface area contributed by atoms with Gasteiger partial charge in [0.2, 0.25) is 0 Å². The lowest BCUT2D eigenvalue weighted by molar-refractivity contribution is 0.0618. The molecule has 0 spiro atoms. The van der Waals surface area contributed by atoms with E-state index in [0.717, 1.165) is 12.0 Å². The van der Waals surface area contributed by atoms with Crippen molar-refractivity contribution in [3.63, 3.8) is 0 Å². The quantitative estimate of drug-likeness (QED) is 0.871. The highest BCUT2D eigenvalue weighted by molar-refractivity contribution is 6.00. The number of nitrogens with zero attached hydrogens (tertiary/aromatic N) is 2. The van der Waals surface area contributed by atoms with Crippen LogP contribution >= 0.6 is 0 Å². The molecule has 0 saturated heterocycles. The van der Waals surface area contributed by atoms with Gasteiger partial charge in [-0.1, -0.05) is 0 Å². The van der Waals surface area contributed by atoms with E-state index in [9.17, 15) is 4.79 Å². The second kappa shape index (κ2) is 5.48. The lowest BCUT2D eigenvalue weighted by Crippen LogP contribution is -2.35. The van der Waals surface area contributed by atoms with E-state index >= 15 is 0 Å². The van der Waals surface area contributed by atoms with Crippen LogP contribution in [-0.4, -0.2) is 27.8 Å². The first-order valence-electron chi connectivity index (χ1n) is 7.39. The Balaban J connectivity index is 1.67. The maximum absolute atomic E-state index is 12.1. The normalized spacial score (nSPS) is 16.0. The summed E-state index contributed by atoms with van der Waals surface area (Å²) < 4.78 is 13.4. The Morgan fingerprint density at radius 2 is 2.23 bits per heavy atom. The fourth-order valence-electron chi connectivity index (χ4n) is 2.61. The average molecular weight is 300 g/mol. The molecular formula is C17H20N2O3. The molecule has 0 saturated carbocycles. The minimum absolute atomic E-state index is 0.119. The van der Waals surface area contributed by atoms with E-state index in [1.807, 2.05) is 39.4 Å². The summed E-state index contributed by atoms with van der Waals surface area (Å²) in [5.74, 6) is 1.45. The van der Waals surface area contributed by atoms with E-state index in [1.54, 1.807) is 16.8 Å². The number of ketones is 1. The van der Waals surface area contributed by atoms with Gasteiger partial charge in [-0.2, -0.15) is 5.10 Å². The number of carbonyl (C=O) groups excluding carboxylic acids is 1. The lowest BCUT2D eigenvalue weighted by atomic mass is 9.93. The van der Waals surface area contributed by atoms with Crippen molar-refractivity contribution in [2.24, 2.45) is 7.05 Å². The topological polar surface area (TPSA) is 53.4 Å². The van der Waals surface area contributed by atoms with Gasteiger partial charge in [0.25, 0.3) is 0 Å². The summed E-state index contributed by atoms with van der Waals surface area (Å²) in [6, 6.07) is 5.41. The highest BCUT2D eigenvalue weighted by Gasteiger charge is 2.32. The number of hydrogen-bond donors (Lipinski definition) is 0. The van der Waals surface area contributed by atoms with Gasteiger partial charge in [-0.25, -0.2) is 0 Å². The van der Waals surface area contributed by atoms with Crippen LogP contribution in [0.15, 0.2) is 30.6 Å². The first kappa shape index (κ1) is 14.6. The lowest BCUT2D eigenvalue weighted by Gasteiger charge is -2.31. The van der Waals surface area contributed by atoms with Gasteiger partial charge in [0.15, 0.2) is 5.78 Å². The van der Waals surface area contributed by atoms with Crippen LogP contribution in [0.5, 0.6) is 11.5 Å². The molecule has 0 N–H and O–H groups in total. The smallest absolute Gasteiger partial charge is 0.170 e. The molecule has 2 heterocycles. The van der Waals surface area contributed by atoms with Crippen LogP contribution in [0.3, 0.4) is 0 Å². The minimum Gasteiger partial charge on any atom is -0.493 e. The van der Waals surface area contributed by atoms with Crippen molar-refractivity contribution in [1.82, 2.24) is 9.78 Å². The van der Waals surface area contributed by atoms with Gasteiger partial charge in [-0.3, -0.25) is 9.48 Å². The van der Waals surface area contributed by atoms with Crippen molar-refractivity contribution < 1.29 is 14.3 Å². The number of hydrogen-bond acceptors (Lipinski definition) is 4. The Morgan fingerprint density at radius 3 is 2.95 bits per heavy atom. The first-order valence-corrected chi connectivity index (χ1v) is 7.39. The fraction of sp³-hybridized carbons (Fsp3) is 0.412. The van der Waals surface area contributed by atoms with Crippen LogP contribution in [-0.2, 0) is 13.5 Å². The maximum atomic E-state index is 12.1. The number of benzene rings is 1. The van der Waals surface area contributed by atoms with Crippen LogP contribution < -0.4 is 9.47 Å². The molecule has 1 aliphatic heterocycles. The molecule has 2 aromatic rings. The minimum atomic E-state index is -0.460. The number of carbonyl (C=O) groups is 1. The van der Waals surface area contributed by atoms with Gasteiger partial charge < -0.3 is 9.47 Å². The summed E-state index contributed by atoms with van der Waals surface area (Å²) in [5, 5.41) is 4.13. The molecule has 0 aliphatic carbocycles. The molecule has 0 fully saturated rings. The molecule has 5 nitrogen and oxygen atoms in total. The SMILES string of the molecule is Cn1cc(CCOc2ccc3c(c2)OC(C)(C)CC3=O)cn1. The highest BCUT2D eigenvalue weighted by atomic mass is 16.5. The van der Waals surface area contributed by atoms with Crippen molar-refractivity contribution in [1.29, 1.82) is 0 Å². The zero-order chi connectivity index (χ0) is 15.7. The van der Waals surface area contributed by atoms with Gasteiger partial charge in [0.05, 0.1) is 24.8 Å². The van der Waals surface area contributed by atoms with E-state index in [1.165, 1.54) is 0 Å².